The van der Waals surface area contributed by atoms with Crippen molar-refractivity contribution in [3.05, 3.63) is 42.4 Å². The Balaban J connectivity index is 2.14. The maximum Gasteiger partial charge on any atom is 0.143 e. The molecule has 4 nitrogen and oxygen atoms in total. The van der Waals surface area contributed by atoms with E-state index in [1.54, 1.807) is 18.5 Å². The SMILES string of the molecule is CC(C)C[C@](C)(N)COc1ccc(-c2ccncc2)nc1CF. The lowest BCUT2D eigenvalue weighted by atomic mass is 9.93. The van der Waals surface area contributed by atoms with Crippen molar-refractivity contribution in [1.29, 1.82) is 0 Å². The Labute approximate surface area is 136 Å². The first-order chi connectivity index (χ1) is 10.9. The maximum absolute atomic E-state index is 13.3. The highest BCUT2D eigenvalue weighted by Crippen LogP contribution is 2.25. The summed E-state index contributed by atoms with van der Waals surface area (Å²) >= 11 is 0. The first-order valence-electron chi connectivity index (χ1n) is 7.79. The zero-order chi connectivity index (χ0) is 16.9. The topological polar surface area (TPSA) is 61.0 Å². The molecule has 0 saturated heterocycles. The highest BCUT2D eigenvalue weighted by atomic mass is 19.1. The molecule has 0 unspecified atom stereocenters. The minimum atomic E-state index is -0.681. The number of hydrogen-bond donors (Lipinski definition) is 1. The van der Waals surface area contributed by atoms with E-state index < -0.39 is 12.2 Å². The Bertz CT molecular complexity index is 629. The zero-order valence-electron chi connectivity index (χ0n) is 13.9. The minimum absolute atomic E-state index is 0.291. The van der Waals surface area contributed by atoms with Gasteiger partial charge in [0.2, 0.25) is 0 Å². The minimum Gasteiger partial charge on any atom is -0.490 e. The van der Waals surface area contributed by atoms with Crippen LogP contribution in [0.25, 0.3) is 11.3 Å². The Hall–Kier alpha value is -2.01. The van der Waals surface area contributed by atoms with E-state index in [1.807, 2.05) is 25.1 Å². The van der Waals surface area contributed by atoms with Crippen LogP contribution in [-0.4, -0.2) is 22.1 Å². The lowest BCUT2D eigenvalue weighted by Crippen LogP contribution is -2.43. The molecule has 0 aliphatic heterocycles. The fourth-order valence-corrected chi connectivity index (χ4v) is 2.63. The molecule has 124 valence electrons. The average molecular weight is 317 g/mol. The standard InChI is InChI=1S/C18H24FN3O/c1-13(2)10-18(3,20)12-23-17-5-4-15(22-16(17)11-19)14-6-8-21-9-7-14/h4-9,13H,10-12,20H2,1-3H3/t18-/m0/s1. The largest absolute Gasteiger partial charge is 0.490 e. The van der Waals surface area contributed by atoms with Gasteiger partial charge < -0.3 is 10.5 Å². The maximum atomic E-state index is 13.3. The van der Waals surface area contributed by atoms with Gasteiger partial charge in [0.1, 0.15) is 24.7 Å². The van der Waals surface area contributed by atoms with Crippen molar-refractivity contribution in [3.8, 4) is 17.0 Å². The van der Waals surface area contributed by atoms with Crippen LogP contribution < -0.4 is 10.5 Å². The lowest BCUT2D eigenvalue weighted by Gasteiger charge is -2.27. The van der Waals surface area contributed by atoms with Crippen LogP contribution in [0.5, 0.6) is 5.75 Å². The molecule has 2 aromatic heterocycles. The summed E-state index contributed by atoms with van der Waals surface area (Å²) in [6.45, 7) is 5.82. The van der Waals surface area contributed by atoms with Crippen molar-refractivity contribution in [2.45, 2.75) is 39.4 Å². The summed E-state index contributed by atoms with van der Waals surface area (Å²) in [6, 6.07) is 7.25. The van der Waals surface area contributed by atoms with Gasteiger partial charge in [0.05, 0.1) is 5.69 Å². The molecule has 0 aliphatic rings. The normalized spacial score (nSPS) is 13.8. The van der Waals surface area contributed by atoms with E-state index in [0.29, 0.717) is 29.7 Å². The molecular weight excluding hydrogens is 293 g/mol. The number of pyridine rings is 2. The summed E-state index contributed by atoms with van der Waals surface area (Å²) in [4.78, 5) is 8.33. The molecule has 0 bridgehead atoms. The molecule has 0 fully saturated rings. The third kappa shape index (κ3) is 4.99. The molecule has 2 heterocycles. The second-order valence-electron chi connectivity index (χ2n) is 6.55. The smallest absolute Gasteiger partial charge is 0.143 e. The van der Waals surface area contributed by atoms with E-state index in [4.69, 9.17) is 10.5 Å². The first kappa shape index (κ1) is 17.3. The summed E-state index contributed by atoms with van der Waals surface area (Å²) in [7, 11) is 0. The predicted molar refractivity (Wildman–Crippen MR) is 89.8 cm³/mol. The Morgan fingerprint density at radius 1 is 1.22 bits per heavy atom. The molecular formula is C18H24FN3O. The van der Waals surface area contributed by atoms with Crippen molar-refractivity contribution in [3.63, 3.8) is 0 Å². The van der Waals surface area contributed by atoms with Crippen LogP contribution in [-0.2, 0) is 6.67 Å². The number of nitrogens with zero attached hydrogens (tertiary/aromatic N) is 2. The predicted octanol–water partition coefficient (Wildman–Crippen LogP) is 3.76. The van der Waals surface area contributed by atoms with Crippen molar-refractivity contribution < 1.29 is 9.13 Å². The van der Waals surface area contributed by atoms with Crippen LogP contribution in [0.15, 0.2) is 36.7 Å². The number of rotatable bonds is 7. The molecule has 1 atom stereocenters. The van der Waals surface area contributed by atoms with Gasteiger partial charge in [-0.25, -0.2) is 9.37 Å². The van der Waals surface area contributed by atoms with Gasteiger partial charge in [-0.1, -0.05) is 13.8 Å². The van der Waals surface area contributed by atoms with E-state index in [1.165, 1.54) is 0 Å². The summed E-state index contributed by atoms with van der Waals surface area (Å²) in [6.07, 6.45) is 4.20. The molecule has 2 aromatic rings. The third-order valence-electron chi connectivity index (χ3n) is 3.47. The third-order valence-corrected chi connectivity index (χ3v) is 3.47. The molecule has 0 amide bonds. The van der Waals surface area contributed by atoms with Gasteiger partial charge in [0.25, 0.3) is 0 Å². The van der Waals surface area contributed by atoms with Crippen LogP contribution in [0.4, 0.5) is 4.39 Å². The molecule has 0 radical (unpaired) electrons. The van der Waals surface area contributed by atoms with Crippen molar-refractivity contribution >= 4 is 0 Å². The lowest BCUT2D eigenvalue weighted by molar-refractivity contribution is 0.203. The van der Waals surface area contributed by atoms with Crippen LogP contribution in [0.3, 0.4) is 0 Å². The van der Waals surface area contributed by atoms with Gasteiger partial charge in [-0.3, -0.25) is 4.98 Å². The number of hydrogen-bond acceptors (Lipinski definition) is 4. The van der Waals surface area contributed by atoms with Crippen LogP contribution in [0.1, 0.15) is 32.9 Å². The summed E-state index contributed by atoms with van der Waals surface area (Å²) < 4.78 is 19.1. The quantitative estimate of drug-likeness (QED) is 0.844. The highest BCUT2D eigenvalue weighted by Gasteiger charge is 2.22. The fourth-order valence-electron chi connectivity index (χ4n) is 2.63. The molecule has 0 saturated carbocycles. The molecule has 23 heavy (non-hydrogen) atoms. The van der Waals surface area contributed by atoms with Gasteiger partial charge in [0, 0.05) is 23.5 Å². The number of halogens is 1. The fraction of sp³-hybridized carbons (Fsp3) is 0.444. The molecule has 0 spiro atoms. The monoisotopic (exact) mass is 317 g/mol. The summed E-state index contributed by atoms with van der Waals surface area (Å²) in [5.74, 6) is 0.923. The van der Waals surface area contributed by atoms with Gasteiger partial charge in [0.15, 0.2) is 0 Å². The number of ether oxygens (including phenoxy) is 1. The first-order valence-corrected chi connectivity index (χ1v) is 7.79. The molecule has 2 N–H and O–H groups in total. The van der Waals surface area contributed by atoms with Crippen molar-refractivity contribution in [1.82, 2.24) is 9.97 Å². The number of nitrogens with two attached hydrogens (primary N) is 1. The van der Waals surface area contributed by atoms with E-state index in [-0.39, 0.29) is 0 Å². The second kappa shape index (κ2) is 7.51. The molecule has 0 aliphatic carbocycles. The van der Waals surface area contributed by atoms with Gasteiger partial charge in [-0.05, 0) is 43.5 Å². The highest BCUT2D eigenvalue weighted by molar-refractivity contribution is 5.59. The Kier molecular flexibility index (Phi) is 5.66. The van der Waals surface area contributed by atoms with Crippen molar-refractivity contribution in [2.24, 2.45) is 11.7 Å². The van der Waals surface area contributed by atoms with Crippen LogP contribution >= 0.6 is 0 Å². The van der Waals surface area contributed by atoms with Gasteiger partial charge in [-0.2, -0.15) is 0 Å². The summed E-state index contributed by atoms with van der Waals surface area (Å²) in [5, 5.41) is 0. The number of aromatic nitrogens is 2. The van der Waals surface area contributed by atoms with E-state index in [2.05, 4.69) is 23.8 Å². The molecule has 0 aromatic carbocycles. The number of alkyl halides is 1. The van der Waals surface area contributed by atoms with Crippen molar-refractivity contribution in [2.75, 3.05) is 6.61 Å². The second-order valence-corrected chi connectivity index (χ2v) is 6.55. The van der Waals surface area contributed by atoms with E-state index in [0.717, 1.165) is 12.0 Å². The molecule has 5 heteroatoms. The Morgan fingerprint density at radius 2 is 1.91 bits per heavy atom. The summed E-state index contributed by atoms with van der Waals surface area (Å²) in [5.41, 5.74) is 7.66. The van der Waals surface area contributed by atoms with Gasteiger partial charge in [-0.15, -0.1) is 0 Å². The van der Waals surface area contributed by atoms with Crippen LogP contribution in [0, 0.1) is 5.92 Å². The Morgan fingerprint density at radius 3 is 2.52 bits per heavy atom. The van der Waals surface area contributed by atoms with Crippen LogP contribution in [0.2, 0.25) is 0 Å². The van der Waals surface area contributed by atoms with E-state index >= 15 is 0 Å². The average Bonchev–Trinajstić information content (AvgIpc) is 2.52. The molecule has 2 rings (SSSR count). The zero-order valence-corrected chi connectivity index (χ0v) is 13.9. The van der Waals surface area contributed by atoms with E-state index in [9.17, 15) is 4.39 Å². The van der Waals surface area contributed by atoms with Gasteiger partial charge >= 0.3 is 0 Å².